The summed E-state index contributed by atoms with van der Waals surface area (Å²) < 4.78 is 32.1. The lowest BCUT2D eigenvalue weighted by Gasteiger charge is -2.19. The smallest absolute Gasteiger partial charge is 0.407 e. The van der Waals surface area contributed by atoms with Gasteiger partial charge >= 0.3 is 6.09 Å². The molecule has 20 heavy (non-hydrogen) atoms. The molecule has 0 unspecified atom stereocenters. The van der Waals surface area contributed by atoms with Crippen LogP contribution in [0.3, 0.4) is 0 Å². The quantitative estimate of drug-likeness (QED) is 0.836. The topological polar surface area (TPSA) is 50.4 Å². The molecule has 0 aromatic heterocycles. The van der Waals surface area contributed by atoms with Gasteiger partial charge in [0.15, 0.2) is 5.82 Å². The molecule has 1 amide bonds. The van der Waals surface area contributed by atoms with E-state index in [2.05, 4.69) is 10.6 Å². The Morgan fingerprint density at radius 1 is 1.25 bits per heavy atom. The predicted octanol–water partition coefficient (Wildman–Crippen LogP) is 3.21. The lowest BCUT2D eigenvalue weighted by atomic mass is 10.2. The number of carbonyl (C=O) groups excluding carboxylic acids is 1. The van der Waals surface area contributed by atoms with Crippen LogP contribution in [0.2, 0.25) is 0 Å². The molecule has 0 atom stereocenters. The van der Waals surface area contributed by atoms with Gasteiger partial charge in [0.2, 0.25) is 0 Å². The first-order chi connectivity index (χ1) is 9.20. The number of hydrogen-bond acceptors (Lipinski definition) is 3. The zero-order valence-corrected chi connectivity index (χ0v) is 12.1. The molecular formula is C14H20F2N2O2. The molecule has 6 heteroatoms. The maximum atomic E-state index is 13.7. The van der Waals surface area contributed by atoms with Gasteiger partial charge in [-0.3, -0.25) is 0 Å². The summed E-state index contributed by atoms with van der Waals surface area (Å²) in [4.78, 5) is 11.3. The highest BCUT2D eigenvalue weighted by Crippen LogP contribution is 2.21. The first kappa shape index (κ1) is 16.2. The number of aryl methyl sites for hydroxylation is 1. The number of anilines is 1. The van der Waals surface area contributed by atoms with Crippen LogP contribution in [-0.2, 0) is 4.74 Å². The van der Waals surface area contributed by atoms with Crippen molar-refractivity contribution < 1.29 is 18.3 Å². The molecule has 0 aliphatic carbocycles. The number of hydrogen-bond donors (Lipinski definition) is 2. The van der Waals surface area contributed by atoms with Crippen LogP contribution in [-0.4, -0.2) is 24.8 Å². The van der Waals surface area contributed by atoms with Crippen LogP contribution in [0.4, 0.5) is 19.3 Å². The van der Waals surface area contributed by atoms with Crippen molar-refractivity contribution in [3.63, 3.8) is 0 Å². The molecule has 0 aliphatic rings. The van der Waals surface area contributed by atoms with Gasteiger partial charge in [-0.1, -0.05) is 6.07 Å². The van der Waals surface area contributed by atoms with Gasteiger partial charge in [0.05, 0.1) is 0 Å². The van der Waals surface area contributed by atoms with E-state index in [0.717, 1.165) is 0 Å². The number of nitrogens with one attached hydrogen (secondary N) is 2. The van der Waals surface area contributed by atoms with Gasteiger partial charge in [-0.15, -0.1) is 0 Å². The minimum atomic E-state index is -0.662. The van der Waals surface area contributed by atoms with Crippen LogP contribution >= 0.6 is 0 Å². The van der Waals surface area contributed by atoms with Crippen molar-refractivity contribution in [2.75, 3.05) is 18.4 Å². The summed E-state index contributed by atoms with van der Waals surface area (Å²) in [6.45, 7) is 7.20. The number of amides is 1. The maximum Gasteiger partial charge on any atom is 0.407 e. The summed E-state index contributed by atoms with van der Waals surface area (Å²) in [6, 6.07) is 2.57. The number of rotatable bonds is 4. The molecule has 112 valence electrons. The van der Waals surface area contributed by atoms with E-state index in [1.165, 1.54) is 12.1 Å². The standard InChI is InChI=1S/C14H20F2N2O2/c1-9-5-6-10(15)12(11(9)16)17-7-8-18-13(19)20-14(2,3)4/h5-6,17H,7-8H2,1-4H3,(H,18,19). The minimum absolute atomic E-state index is 0.184. The van der Waals surface area contributed by atoms with Gasteiger partial charge in [0.1, 0.15) is 17.1 Å². The summed E-state index contributed by atoms with van der Waals surface area (Å²) in [6.07, 6.45) is -0.565. The van der Waals surface area contributed by atoms with E-state index < -0.39 is 23.3 Å². The lowest BCUT2D eigenvalue weighted by molar-refractivity contribution is 0.0530. The molecule has 0 saturated carbocycles. The Labute approximate surface area is 117 Å². The van der Waals surface area contributed by atoms with Gasteiger partial charge in [-0.05, 0) is 39.3 Å². The fourth-order valence-electron chi connectivity index (χ4n) is 1.48. The van der Waals surface area contributed by atoms with Crippen LogP contribution < -0.4 is 10.6 Å². The Balaban J connectivity index is 2.43. The molecule has 0 aliphatic heterocycles. The summed E-state index contributed by atoms with van der Waals surface area (Å²) in [5, 5.41) is 5.11. The van der Waals surface area contributed by atoms with Crippen molar-refractivity contribution in [1.29, 1.82) is 0 Å². The Morgan fingerprint density at radius 3 is 2.50 bits per heavy atom. The number of alkyl carbamates (subject to hydrolysis) is 1. The fraction of sp³-hybridized carbons (Fsp3) is 0.500. The van der Waals surface area contributed by atoms with Crippen molar-refractivity contribution in [3.05, 3.63) is 29.3 Å². The van der Waals surface area contributed by atoms with E-state index in [1.807, 2.05) is 0 Å². The zero-order chi connectivity index (χ0) is 15.3. The maximum absolute atomic E-state index is 13.7. The number of ether oxygens (including phenoxy) is 1. The molecule has 0 saturated heterocycles. The highest BCUT2D eigenvalue weighted by Gasteiger charge is 2.15. The SMILES string of the molecule is Cc1ccc(F)c(NCCNC(=O)OC(C)(C)C)c1F. The molecular weight excluding hydrogens is 266 g/mol. The molecule has 0 bridgehead atoms. The molecule has 0 heterocycles. The van der Waals surface area contributed by atoms with Gasteiger partial charge in [-0.25, -0.2) is 13.6 Å². The van der Waals surface area contributed by atoms with E-state index in [9.17, 15) is 13.6 Å². The van der Waals surface area contributed by atoms with Gasteiger partial charge in [0, 0.05) is 13.1 Å². The van der Waals surface area contributed by atoms with Gasteiger partial charge in [-0.2, -0.15) is 0 Å². The first-order valence-corrected chi connectivity index (χ1v) is 6.36. The van der Waals surface area contributed by atoms with Crippen LogP contribution in [0.5, 0.6) is 0 Å². The van der Waals surface area contributed by atoms with Crippen LogP contribution in [0, 0.1) is 18.6 Å². The third-order valence-corrected chi connectivity index (χ3v) is 2.38. The average molecular weight is 286 g/mol. The summed E-state index contributed by atoms with van der Waals surface area (Å²) >= 11 is 0. The minimum Gasteiger partial charge on any atom is -0.444 e. The van der Waals surface area contributed by atoms with Crippen molar-refractivity contribution in [3.8, 4) is 0 Å². The average Bonchev–Trinajstić information content (AvgIpc) is 2.31. The van der Waals surface area contributed by atoms with Crippen LogP contribution in [0.1, 0.15) is 26.3 Å². The monoisotopic (exact) mass is 286 g/mol. The Hall–Kier alpha value is -1.85. The zero-order valence-electron chi connectivity index (χ0n) is 12.1. The fourth-order valence-corrected chi connectivity index (χ4v) is 1.48. The first-order valence-electron chi connectivity index (χ1n) is 6.36. The molecule has 1 aromatic carbocycles. The predicted molar refractivity (Wildman–Crippen MR) is 73.8 cm³/mol. The van der Waals surface area contributed by atoms with Crippen molar-refractivity contribution in [2.24, 2.45) is 0 Å². The normalized spacial score (nSPS) is 11.1. The van der Waals surface area contributed by atoms with E-state index in [-0.39, 0.29) is 18.8 Å². The van der Waals surface area contributed by atoms with Crippen molar-refractivity contribution in [2.45, 2.75) is 33.3 Å². The van der Waals surface area contributed by atoms with Crippen LogP contribution in [0.25, 0.3) is 0 Å². The highest BCUT2D eigenvalue weighted by atomic mass is 19.1. The van der Waals surface area contributed by atoms with Gasteiger partial charge < -0.3 is 15.4 Å². The van der Waals surface area contributed by atoms with E-state index in [4.69, 9.17) is 4.74 Å². The number of carbonyl (C=O) groups is 1. The lowest BCUT2D eigenvalue weighted by Crippen LogP contribution is -2.35. The Morgan fingerprint density at radius 2 is 1.90 bits per heavy atom. The molecule has 1 rings (SSSR count). The largest absolute Gasteiger partial charge is 0.444 e. The second-order valence-electron chi connectivity index (χ2n) is 5.41. The molecule has 1 aromatic rings. The summed E-state index contributed by atoms with van der Waals surface area (Å²) in [5.74, 6) is -1.28. The molecule has 0 fully saturated rings. The third-order valence-electron chi connectivity index (χ3n) is 2.38. The molecule has 4 nitrogen and oxygen atoms in total. The van der Waals surface area contributed by atoms with Gasteiger partial charge in [0.25, 0.3) is 0 Å². The highest BCUT2D eigenvalue weighted by molar-refractivity contribution is 5.67. The number of halogens is 2. The second kappa shape index (κ2) is 6.54. The van der Waals surface area contributed by atoms with E-state index in [1.54, 1.807) is 27.7 Å². The third kappa shape index (κ3) is 5.03. The Bertz CT molecular complexity index is 485. The Kier molecular flexibility index (Phi) is 5.30. The van der Waals surface area contributed by atoms with Crippen molar-refractivity contribution >= 4 is 11.8 Å². The van der Waals surface area contributed by atoms with Crippen LogP contribution in [0.15, 0.2) is 12.1 Å². The second-order valence-corrected chi connectivity index (χ2v) is 5.41. The summed E-state index contributed by atoms with van der Waals surface area (Å²) in [5.41, 5.74) is -0.406. The molecule has 0 spiro atoms. The summed E-state index contributed by atoms with van der Waals surface area (Å²) in [7, 11) is 0. The van der Waals surface area contributed by atoms with E-state index >= 15 is 0 Å². The van der Waals surface area contributed by atoms with Crippen molar-refractivity contribution in [1.82, 2.24) is 5.32 Å². The molecule has 2 N–H and O–H groups in total. The van der Waals surface area contributed by atoms with E-state index in [0.29, 0.717) is 5.56 Å². The number of benzene rings is 1. The molecule has 0 radical (unpaired) electrons.